The van der Waals surface area contributed by atoms with E-state index in [0.717, 1.165) is 5.56 Å². The lowest BCUT2D eigenvalue weighted by molar-refractivity contribution is 0.0979. The largest absolute Gasteiger partial charge is 0.394 e. The molecule has 0 atom stereocenters. The first kappa shape index (κ1) is 15.2. The van der Waals surface area contributed by atoms with E-state index in [-0.39, 0.29) is 16.0 Å². The van der Waals surface area contributed by atoms with E-state index in [1.807, 2.05) is 6.92 Å². The molecular formula is C17H13NO4S. The molecule has 5 nitrogen and oxygen atoms in total. The van der Waals surface area contributed by atoms with Crippen LogP contribution in [-0.2, 0) is 9.84 Å². The molecule has 0 unspecified atom stereocenters. The molecular weight excluding hydrogens is 314 g/mol. The summed E-state index contributed by atoms with van der Waals surface area (Å²) in [6.07, 6.45) is 0. The van der Waals surface area contributed by atoms with Crippen molar-refractivity contribution in [2.75, 3.05) is 0 Å². The highest BCUT2D eigenvalue weighted by Gasteiger charge is 2.38. The molecule has 0 fully saturated rings. The van der Waals surface area contributed by atoms with Crippen molar-refractivity contribution >= 4 is 21.4 Å². The van der Waals surface area contributed by atoms with E-state index in [2.05, 4.69) is 0 Å². The average molecular weight is 327 g/mol. The van der Waals surface area contributed by atoms with Gasteiger partial charge in [0, 0.05) is 11.1 Å². The van der Waals surface area contributed by atoms with Gasteiger partial charge in [0.25, 0.3) is 0 Å². The van der Waals surface area contributed by atoms with Crippen LogP contribution in [0.5, 0.6) is 0 Å². The van der Waals surface area contributed by atoms with Crippen molar-refractivity contribution in [2.24, 2.45) is 5.73 Å². The molecule has 0 spiro atoms. The van der Waals surface area contributed by atoms with Crippen LogP contribution in [-0.4, -0.2) is 20.0 Å². The monoisotopic (exact) mass is 327 g/mol. The Morgan fingerprint density at radius 2 is 1.35 bits per heavy atom. The number of hydrogen-bond acceptors (Lipinski definition) is 5. The number of allylic oxidation sites excluding steroid dienone is 2. The number of sulfone groups is 1. The smallest absolute Gasteiger partial charge is 0.212 e. The third-order valence-corrected chi connectivity index (χ3v) is 5.55. The number of benzene rings is 2. The summed E-state index contributed by atoms with van der Waals surface area (Å²) in [6, 6.07) is 12.1. The van der Waals surface area contributed by atoms with Crippen LogP contribution in [0.4, 0.5) is 0 Å². The third kappa shape index (κ3) is 2.27. The predicted octanol–water partition coefficient (Wildman–Crippen LogP) is 2.02. The van der Waals surface area contributed by atoms with Gasteiger partial charge in [-0.15, -0.1) is 0 Å². The molecule has 2 aromatic rings. The van der Waals surface area contributed by atoms with Crippen molar-refractivity contribution < 1.29 is 18.0 Å². The van der Waals surface area contributed by atoms with Gasteiger partial charge in [-0.05, 0) is 19.1 Å². The van der Waals surface area contributed by atoms with Gasteiger partial charge in [0.2, 0.25) is 21.4 Å². The van der Waals surface area contributed by atoms with Crippen molar-refractivity contribution in [3.05, 3.63) is 75.8 Å². The van der Waals surface area contributed by atoms with Crippen LogP contribution in [0.2, 0.25) is 0 Å². The summed E-state index contributed by atoms with van der Waals surface area (Å²) in [5.41, 5.74) is 6.23. The van der Waals surface area contributed by atoms with Crippen molar-refractivity contribution in [3.8, 4) is 0 Å². The number of aryl methyl sites for hydroxylation is 1. The maximum Gasteiger partial charge on any atom is 0.212 e. The number of hydrogen-bond donors (Lipinski definition) is 1. The van der Waals surface area contributed by atoms with E-state index in [1.165, 1.54) is 24.3 Å². The predicted molar refractivity (Wildman–Crippen MR) is 84.7 cm³/mol. The standard InChI is InChI=1S/C17H13NO4S/c1-10-6-8-11(9-7-10)23(21,22)17-14(18)15(19)12-4-2-3-5-13(12)16(17)20/h2-9H,18H2,1H3. The van der Waals surface area contributed by atoms with Crippen LogP contribution in [0, 0.1) is 6.92 Å². The molecule has 0 aromatic heterocycles. The lowest BCUT2D eigenvalue weighted by Crippen LogP contribution is -2.30. The van der Waals surface area contributed by atoms with Crippen LogP contribution < -0.4 is 5.73 Å². The minimum atomic E-state index is -4.17. The number of carbonyl (C=O) groups excluding carboxylic acids is 2. The van der Waals surface area contributed by atoms with Gasteiger partial charge in [-0.2, -0.15) is 0 Å². The van der Waals surface area contributed by atoms with Gasteiger partial charge in [-0.25, -0.2) is 8.42 Å². The number of ketones is 2. The Kier molecular flexibility index (Phi) is 3.41. The summed E-state index contributed by atoms with van der Waals surface area (Å²) >= 11 is 0. The Balaban J connectivity index is 2.23. The zero-order chi connectivity index (χ0) is 16.8. The van der Waals surface area contributed by atoms with E-state index < -0.39 is 32.0 Å². The lowest BCUT2D eigenvalue weighted by Gasteiger charge is -2.18. The highest BCUT2D eigenvalue weighted by molar-refractivity contribution is 7.96. The summed E-state index contributed by atoms with van der Waals surface area (Å²) in [5, 5.41) is 0. The molecule has 3 rings (SSSR count). The Morgan fingerprint density at radius 3 is 1.91 bits per heavy atom. The van der Waals surface area contributed by atoms with Gasteiger partial charge >= 0.3 is 0 Å². The minimum Gasteiger partial charge on any atom is -0.394 e. The molecule has 0 aliphatic heterocycles. The van der Waals surface area contributed by atoms with E-state index in [4.69, 9.17) is 5.73 Å². The van der Waals surface area contributed by atoms with Crippen LogP contribution in [0.25, 0.3) is 0 Å². The molecule has 0 bridgehead atoms. The van der Waals surface area contributed by atoms with Gasteiger partial charge in [-0.1, -0.05) is 42.0 Å². The molecule has 1 aliphatic rings. The molecule has 0 saturated heterocycles. The molecule has 0 heterocycles. The van der Waals surface area contributed by atoms with E-state index in [0.29, 0.717) is 0 Å². The first-order valence-electron chi connectivity index (χ1n) is 6.84. The molecule has 2 N–H and O–H groups in total. The van der Waals surface area contributed by atoms with Crippen molar-refractivity contribution in [1.29, 1.82) is 0 Å². The molecule has 1 aliphatic carbocycles. The van der Waals surface area contributed by atoms with Gasteiger partial charge < -0.3 is 5.73 Å². The van der Waals surface area contributed by atoms with Gasteiger partial charge in [0.05, 0.1) is 4.90 Å². The number of rotatable bonds is 2. The number of nitrogens with two attached hydrogens (primary N) is 1. The summed E-state index contributed by atoms with van der Waals surface area (Å²) < 4.78 is 25.5. The van der Waals surface area contributed by atoms with Crippen LogP contribution in [0.3, 0.4) is 0 Å². The number of fused-ring (bicyclic) bond motifs is 1. The first-order chi connectivity index (χ1) is 10.8. The lowest BCUT2D eigenvalue weighted by atomic mass is 9.93. The van der Waals surface area contributed by atoms with E-state index >= 15 is 0 Å². The topological polar surface area (TPSA) is 94.3 Å². The third-order valence-electron chi connectivity index (χ3n) is 3.71. The number of carbonyl (C=O) groups is 2. The summed E-state index contributed by atoms with van der Waals surface area (Å²) in [6.45, 7) is 1.82. The molecule has 0 radical (unpaired) electrons. The van der Waals surface area contributed by atoms with Crippen molar-refractivity contribution in [1.82, 2.24) is 0 Å². The molecule has 0 saturated carbocycles. The fraction of sp³-hybridized carbons (Fsp3) is 0.0588. The normalized spacial score (nSPS) is 14.8. The zero-order valence-corrected chi connectivity index (χ0v) is 13.1. The van der Waals surface area contributed by atoms with Crippen molar-refractivity contribution in [2.45, 2.75) is 11.8 Å². The Bertz CT molecular complexity index is 970. The van der Waals surface area contributed by atoms with Gasteiger partial charge in [0.15, 0.2) is 0 Å². The molecule has 6 heteroatoms. The van der Waals surface area contributed by atoms with Crippen LogP contribution in [0.1, 0.15) is 26.3 Å². The zero-order valence-electron chi connectivity index (χ0n) is 12.2. The molecule has 2 aromatic carbocycles. The molecule has 23 heavy (non-hydrogen) atoms. The molecule has 116 valence electrons. The minimum absolute atomic E-state index is 0.0531. The Morgan fingerprint density at radius 1 is 0.826 bits per heavy atom. The Labute approximate surface area is 133 Å². The highest BCUT2D eigenvalue weighted by atomic mass is 32.2. The maximum absolute atomic E-state index is 12.8. The molecule has 0 amide bonds. The van der Waals surface area contributed by atoms with E-state index in [9.17, 15) is 18.0 Å². The van der Waals surface area contributed by atoms with E-state index in [1.54, 1.807) is 24.3 Å². The summed E-state index contributed by atoms with van der Waals surface area (Å²) in [5.74, 6) is -1.40. The fourth-order valence-corrected chi connectivity index (χ4v) is 3.94. The van der Waals surface area contributed by atoms with Crippen LogP contribution in [0.15, 0.2) is 64.0 Å². The van der Waals surface area contributed by atoms with Gasteiger partial charge in [0.1, 0.15) is 10.6 Å². The highest BCUT2D eigenvalue weighted by Crippen LogP contribution is 2.30. The van der Waals surface area contributed by atoms with Gasteiger partial charge in [-0.3, -0.25) is 9.59 Å². The van der Waals surface area contributed by atoms with Crippen LogP contribution >= 0.6 is 0 Å². The number of Topliss-reactive ketones (excluding diaryl/α,β-unsaturated/α-hetero) is 2. The second kappa shape index (κ2) is 5.17. The SMILES string of the molecule is Cc1ccc(S(=O)(=O)C2=C(N)C(=O)c3ccccc3C2=O)cc1. The maximum atomic E-state index is 12.8. The first-order valence-corrected chi connectivity index (χ1v) is 8.32. The summed E-state index contributed by atoms with van der Waals surface area (Å²) in [7, 11) is -4.17. The average Bonchev–Trinajstić information content (AvgIpc) is 2.53. The second-order valence-corrected chi connectivity index (χ2v) is 7.15. The Hall–Kier alpha value is -2.73. The summed E-state index contributed by atoms with van der Waals surface area (Å²) in [4.78, 5) is 24.2. The van der Waals surface area contributed by atoms with Crippen molar-refractivity contribution in [3.63, 3.8) is 0 Å². The second-order valence-electron chi connectivity index (χ2n) is 5.26. The quantitative estimate of drug-likeness (QED) is 0.910. The fourth-order valence-electron chi connectivity index (χ4n) is 2.47.